The summed E-state index contributed by atoms with van der Waals surface area (Å²) in [6.07, 6.45) is 4.27. The second kappa shape index (κ2) is 6.64. The van der Waals surface area contributed by atoms with Crippen LogP contribution in [0.5, 0.6) is 0 Å². The summed E-state index contributed by atoms with van der Waals surface area (Å²) in [6.45, 7) is 6.27. The number of hydrogen-bond donors (Lipinski definition) is 0. The quantitative estimate of drug-likeness (QED) is 0.772. The molecule has 2 heterocycles. The summed E-state index contributed by atoms with van der Waals surface area (Å²) in [7, 11) is 0. The molecule has 0 aromatic carbocycles. The zero-order chi connectivity index (χ0) is 16.4. The summed E-state index contributed by atoms with van der Waals surface area (Å²) in [5.74, 6) is 1.11. The molecule has 2 fully saturated rings. The van der Waals surface area contributed by atoms with Gasteiger partial charge in [-0.1, -0.05) is 13.8 Å². The van der Waals surface area contributed by atoms with Gasteiger partial charge in [0.15, 0.2) is 0 Å². The van der Waals surface area contributed by atoms with Crippen molar-refractivity contribution in [2.45, 2.75) is 45.7 Å². The molecular weight excluding hydrogens is 296 g/mol. The average Bonchev–Trinajstić information content (AvgIpc) is 3.22. The zero-order valence-corrected chi connectivity index (χ0v) is 13.8. The highest BCUT2D eigenvalue weighted by molar-refractivity contribution is 5.80. The molecule has 1 aromatic rings. The third kappa shape index (κ3) is 3.86. The molecule has 2 amide bonds. The molecule has 1 aliphatic carbocycles. The minimum atomic E-state index is -0.0379. The summed E-state index contributed by atoms with van der Waals surface area (Å²) in [5.41, 5.74) is 0. The molecule has 8 heteroatoms. The molecule has 0 unspecified atom stereocenters. The molecular formula is C15H24N6O2. The molecule has 2 aliphatic rings. The van der Waals surface area contributed by atoms with Crippen LogP contribution in [0, 0.1) is 11.8 Å². The van der Waals surface area contributed by atoms with Gasteiger partial charge in [0.2, 0.25) is 11.8 Å². The lowest BCUT2D eigenvalue weighted by Gasteiger charge is -2.34. The Hall–Kier alpha value is -1.99. The highest BCUT2D eigenvalue weighted by Crippen LogP contribution is 2.32. The number of carbonyl (C=O) groups is 2. The first kappa shape index (κ1) is 15.9. The molecule has 0 bridgehead atoms. The second-order valence-corrected chi connectivity index (χ2v) is 6.90. The van der Waals surface area contributed by atoms with Gasteiger partial charge in [-0.05, 0) is 35.1 Å². The van der Waals surface area contributed by atoms with E-state index in [1.807, 2.05) is 4.90 Å². The second-order valence-electron chi connectivity index (χ2n) is 6.90. The Kier molecular flexibility index (Phi) is 4.58. The molecule has 1 saturated carbocycles. The van der Waals surface area contributed by atoms with Gasteiger partial charge in [-0.25, -0.2) is 4.68 Å². The molecule has 0 radical (unpaired) electrons. The highest BCUT2D eigenvalue weighted by atomic mass is 16.2. The Morgan fingerprint density at radius 3 is 2.78 bits per heavy atom. The van der Waals surface area contributed by atoms with Crippen LogP contribution in [-0.2, 0) is 16.1 Å². The van der Waals surface area contributed by atoms with Gasteiger partial charge >= 0.3 is 0 Å². The largest absolute Gasteiger partial charge is 0.338 e. The predicted molar refractivity (Wildman–Crippen MR) is 82.1 cm³/mol. The fraction of sp³-hybridized carbons (Fsp3) is 0.800. The van der Waals surface area contributed by atoms with Crippen molar-refractivity contribution in [3.8, 4) is 0 Å². The number of tetrazole rings is 1. The van der Waals surface area contributed by atoms with Crippen molar-refractivity contribution in [2.24, 2.45) is 11.8 Å². The lowest BCUT2D eigenvalue weighted by Crippen LogP contribution is -2.48. The molecule has 0 spiro atoms. The lowest BCUT2D eigenvalue weighted by atomic mass is 10.0. The van der Waals surface area contributed by atoms with E-state index in [1.165, 1.54) is 23.9 Å². The van der Waals surface area contributed by atoms with E-state index in [2.05, 4.69) is 29.4 Å². The maximum absolute atomic E-state index is 12.5. The molecule has 1 atom stereocenters. The van der Waals surface area contributed by atoms with Crippen LogP contribution in [0.15, 0.2) is 6.33 Å². The summed E-state index contributed by atoms with van der Waals surface area (Å²) in [6, 6.07) is 0.0865. The van der Waals surface area contributed by atoms with E-state index < -0.39 is 0 Å². The van der Waals surface area contributed by atoms with Crippen LogP contribution in [-0.4, -0.2) is 67.5 Å². The molecule has 0 N–H and O–H groups in total. The number of rotatable bonds is 5. The van der Waals surface area contributed by atoms with Crippen LogP contribution < -0.4 is 0 Å². The topological polar surface area (TPSA) is 84.2 Å². The van der Waals surface area contributed by atoms with Crippen LogP contribution in [0.4, 0.5) is 0 Å². The van der Waals surface area contributed by atoms with Crippen molar-refractivity contribution in [3.63, 3.8) is 0 Å². The third-order valence-corrected chi connectivity index (χ3v) is 4.69. The van der Waals surface area contributed by atoms with E-state index in [4.69, 9.17) is 0 Å². The first-order valence-corrected chi connectivity index (χ1v) is 8.32. The fourth-order valence-electron chi connectivity index (χ4n) is 3.08. The minimum Gasteiger partial charge on any atom is -0.338 e. The maximum Gasteiger partial charge on any atom is 0.244 e. The van der Waals surface area contributed by atoms with Crippen molar-refractivity contribution >= 4 is 11.8 Å². The first-order valence-electron chi connectivity index (χ1n) is 8.32. The maximum atomic E-state index is 12.5. The smallest absolute Gasteiger partial charge is 0.244 e. The molecule has 3 rings (SSSR count). The van der Waals surface area contributed by atoms with E-state index in [-0.39, 0.29) is 24.4 Å². The number of aromatic nitrogens is 4. The van der Waals surface area contributed by atoms with Crippen molar-refractivity contribution in [1.82, 2.24) is 30.0 Å². The summed E-state index contributed by atoms with van der Waals surface area (Å²) < 4.78 is 1.42. The van der Waals surface area contributed by atoms with Crippen molar-refractivity contribution < 1.29 is 9.59 Å². The number of carbonyl (C=O) groups excluding carboxylic acids is 2. The van der Waals surface area contributed by atoms with Crippen LogP contribution >= 0.6 is 0 Å². The number of nitrogens with zero attached hydrogens (tertiary/aromatic N) is 6. The van der Waals surface area contributed by atoms with E-state index in [1.54, 1.807) is 4.90 Å². The third-order valence-electron chi connectivity index (χ3n) is 4.69. The van der Waals surface area contributed by atoms with E-state index in [9.17, 15) is 9.59 Å². The van der Waals surface area contributed by atoms with Crippen LogP contribution in [0.25, 0.3) is 0 Å². The minimum absolute atomic E-state index is 0.0379. The zero-order valence-electron chi connectivity index (χ0n) is 13.8. The standard InChI is InChI=1S/C15H24N6O2/c1-11(2)13-8-19(15(23)9-20-10-16-17-18-20)6-5-14(22)21(13)7-12-3-4-12/h10-13H,3-9H2,1-2H3/t13-/m0/s1. The predicted octanol–water partition coefficient (Wildman–Crippen LogP) is 0.169. The van der Waals surface area contributed by atoms with Gasteiger partial charge in [0.05, 0.1) is 6.04 Å². The average molecular weight is 320 g/mol. The number of amides is 2. The van der Waals surface area contributed by atoms with Gasteiger partial charge in [0.1, 0.15) is 12.9 Å². The molecule has 126 valence electrons. The van der Waals surface area contributed by atoms with E-state index >= 15 is 0 Å². The molecule has 1 saturated heterocycles. The molecule has 8 nitrogen and oxygen atoms in total. The fourth-order valence-corrected chi connectivity index (χ4v) is 3.08. The Morgan fingerprint density at radius 2 is 2.17 bits per heavy atom. The van der Waals surface area contributed by atoms with Crippen LogP contribution in [0.1, 0.15) is 33.1 Å². The highest BCUT2D eigenvalue weighted by Gasteiger charge is 2.36. The van der Waals surface area contributed by atoms with Gasteiger partial charge in [-0.15, -0.1) is 5.10 Å². The van der Waals surface area contributed by atoms with Gasteiger partial charge in [0, 0.05) is 26.1 Å². The van der Waals surface area contributed by atoms with Gasteiger partial charge in [0.25, 0.3) is 0 Å². The van der Waals surface area contributed by atoms with Gasteiger partial charge in [-0.2, -0.15) is 0 Å². The lowest BCUT2D eigenvalue weighted by molar-refractivity contribution is -0.134. The van der Waals surface area contributed by atoms with E-state index in [0.717, 1.165) is 6.54 Å². The summed E-state index contributed by atoms with van der Waals surface area (Å²) in [5, 5.41) is 10.8. The molecule has 1 aliphatic heterocycles. The van der Waals surface area contributed by atoms with Gasteiger partial charge < -0.3 is 9.80 Å². The summed E-state index contributed by atoms with van der Waals surface area (Å²) in [4.78, 5) is 28.9. The first-order chi connectivity index (χ1) is 11.0. The van der Waals surface area contributed by atoms with E-state index in [0.29, 0.717) is 31.3 Å². The van der Waals surface area contributed by atoms with Crippen LogP contribution in [0.3, 0.4) is 0 Å². The van der Waals surface area contributed by atoms with Crippen molar-refractivity contribution in [2.75, 3.05) is 19.6 Å². The molecule has 1 aromatic heterocycles. The van der Waals surface area contributed by atoms with Crippen molar-refractivity contribution in [3.05, 3.63) is 6.33 Å². The van der Waals surface area contributed by atoms with Crippen LogP contribution in [0.2, 0.25) is 0 Å². The monoisotopic (exact) mass is 320 g/mol. The Balaban J connectivity index is 1.70. The Morgan fingerprint density at radius 1 is 1.39 bits per heavy atom. The van der Waals surface area contributed by atoms with Crippen molar-refractivity contribution in [1.29, 1.82) is 0 Å². The normalized spacial score (nSPS) is 22.6. The Bertz CT molecular complexity index is 554. The Labute approximate surface area is 135 Å². The molecule has 23 heavy (non-hydrogen) atoms. The summed E-state index contributed by atoms with van der Waals surface area (Å²) >= 11 is 0. The SMILES string of the molecule is CC(C)[C@@H]1CN(C(=O)Cn2cnnn2)CCC(=O)N1CC1CC1. The number of hydrogen-bond acceptors (Lipinski definition) is 5. The van der Waals surface area contributed by atoms with Gasteiger partial charge in [-0.3, -0.25) is 9.59 Å².